The van der Waals surface area contributed by atoms with Gasteiger partial charge in [0.15, 0.2) is 0 Å². The monoisotopic (exact) mass is 264 g/mol. The highest BCUT2D eigenvalue weighted by atomic mass is 16.2. The predicted octanol–water partition coefficient (Wildman–Crippen LogP) is 1.56. The van der Waals surface area contributed by atoms with Gasteiger partial charge in [-0.15, -0.1) is 0 Å². The highest BCUT2D eigenvalue weighted by Crippen LogP contribution is 2.14. The second-order valence-corrected chi connectivity index (χ2v) is 5.27. The Morgan fingerprint density at radius 3 is 2.68 bits per heavy atom. The van der Waals surface area contributed by atoms with Crippen molar-refractivity contribution in [2.75, 3.05) is 13.1 Å². The molecule has 0 spiro atoms. The summed E-state index contributed by atoms with van der Waals surface area (Å²) in [5.41, 5.74) is 1.13. The SMILES string of the molecule is CCn1cc(C(C)NC(C)C(=O)N2CCCC2)cn1. The fourth-order valence-corrected chi connectivity index (χ4v) is 2.53. The van der Waals surface area contributed by atoms with E-state index < -0.39 is 0 Å². The van der Waals surface area contributed by atoms with E-state index in [-0.39, 0.29) is 18.0 Å². The van der Waals surface area contributed by atoms with Gasteiger partial charge in [0, 0.05) is 37.4 Å². The second-order valence-electron chi connectivity index (χ2n) is 5.27. The van der Waals surface area contributed by atoms with Crippen molar-refractivity contribution < 1.29 is 4.79 Å². The molecule has 2 heterocycles. The molecule has 0 bridgehead atoms. The summed E-state index contributed by atoms with van der Waals surface area (Å²) >= 11 is 0. The van der Waals surface area contributed by atoms with E-state index in [1.54, 1.807) is 0 Å². The maximum atomic E-state index is 12.2. The maximum Gasteiger partial charge on any atom is 0.239 e. The Morgan fingerprint density at radius 1 is 1.42 bits per heavy atom. The van der Waals surface area contributed by atoms with E-state index in [4.69, 9.17) is 0 Å². The Hall–Kier alpha value is -1.36. The largest absolute Gasteiger partial charge is 0.341 e. The molecule has 0 saturated carbocycles. The maximum absolute atomic E-state index is 12.2. The topological polar surface area (TPSA) is 50.2 Å². The molecule has 1 aliphatic heterocycles. The molecule has 5 nitrogen and oxygen atoms in total. The van der Waals surface area contributed by atoms with E-state index in [9.17, 15) is 4.79 Å². The van der Waals surface area contributed by atoms with Crippen LogP contribution in [-0.4, -0.2) is 39.7 Å². The van der Waals surface area contributed by atoms with E-state index in [0.29, 0.717) is 0 Å². The Kier molecular flexibility index (Phi) is 4.58. The molecule has 2 atom stereocenters. The summed E-state index contributed by atoms with van der Waals surface area (Å²) in [7, 11) is 0. The van der Waals surface area contributed by atoms with Crippen LogP contribution in [0.3, 0.4) is 0 Å². The molecule has 1 amide bonds. The van der Waals surface area contributed by atoms with E-state index in [2.05, 4.69) is 24.3 Å². The number of hydrogen-bond acceptors (Lipinski definition) is 3. The summed E-state index contributed by atoms with van der Waals surface area (Å²) in [6.45, 7) is 8.77. The number of rotatable bonds is 5. The standard InChI is InChI=1S/C14H24N4O/c1-4-18-10-13(9-15-18)11(2)16-12(3)14(19)17-7-5-6-8-17/h9-12,16H,4-8H2,1-3H3. The first-order valence-electron chi connectivity index (χ1n) is 7.19. The third-order valence-corrected chi connectivity index (χ3v) is 3.77. The van der Waals surface area contributed by atoms with Crippen molar-refractivity contribution >= 4 is 5.91 Å². The third-order valence-electron chi connectivity index (χ3n) is 3.77. The summed E-state index contributed by atoms with van der Waals surface area (Å²) in [6.07, 6.45) is 6.17. The zero-order valence-corrected chi connectivity index (χ0v) is 12.1. The van der Waals surface area contributed by atoms with Crippen LogP contribution in [-0.2, 0) is 11.3 Å². The van der Waals surface area contributed by atoms with Crippen LogP contribution in [0.1, 0.15) is 45.2 Å². The number of carbonyl (C=O) groups is 1. The minimum Gasteiger partial charge on any atom is -0.341 e. The zero-order valence-electron chi connectivity index (χ0n) is 12.1. The molecule has 1 aliphatic rings. The molecule has 0 aromatic carbocycles. The lowest BCUT2D eigenvalue weighted by molar-refractivity contribution is -0.132. The molecule has 1 saturated heterocycles. The Bertz CT molecular complexity index is 423. The van der Waals surface area contributed by atoms with Crippen LogP contribution in [0.5, 0.6) is 0 Å². The highest BCUT2D eigenvalue weighted by molar-refractivity contribution is 5.81. The van der Waals surface area contributed by atoms with Gasteiger partial charge in [-0.25, -0.2) is 0 Å². The molecule has 1 fully saturated rings. The summed E-state index contributed by atoms with van der Waals surface area (Å²) in [5, 5.41) is 7.63. The lowest BCUT2D eigenvalue weighted by atomic mass is 10.1. The summed E-state index contributed by atoms with van der Waals surface area (Å²) in [5.74, 6) is 0.215. The summed E-state index contributed by atoms with van der Waals surface area (Å²) in [4.78, 5) is 14.2. The van der Waals surface area contributed by atoms with Gasteiger partial charge in [0.05, 0.1) is 12.2 Å². The van der Waals surface area contributed by atoms with Crippen molar-refractivity contribution in [2.45, 2.75) is 52.2 Å². The fourth-order valence-electron chi connectivity index (χ4n) is 2.53. The van der Waals surface area contributed by atoms with Crippen molar-refractivity contribution in [3.63, 3.8) is 0 Å². The molecule has 19 heavy (non-hydrogen) atoms. The minimum atomic E-state index is -0.141. The smallest absolute Gasteiger partial charge is 0.239 e. The van der Waals surface area contributed by atoms with E-state index in [1.807, 2.05) is 28.9 Å². The number of hydrogen-bond donors (Lipinski definition) is 1. The Balaban J connectivity index is 1.90. The average molecular weight is 264 g/mol. The van der Waals surface area contributed by atoms with Gasteiger partial charge in [0.1, 0.15) is 0 Å². The molecular formula is C14H24N4O. The molecular weight excluding hydrogens is 240 g/mol. The van der Waals surface area contributed by atoms with Gasteiger partial charge in [-0.2, -0.15) is 5.10 Å². The van der Waals surface area contributed by atoms with Crippen LogP contribution < -0.4 is 5.32 Å². The molecule has 1 aromatic heterocycles. The number of amides is 1. The van der Waals surface area contributed by atoms with Gasteiger partial charge in [-0.1, -0.05) is 0 Å². The fraction of sp³-hybridized carbons (Fsp3) is 0.714. The lowest BCUT2D eigenvalue weighted by Gasteiger charge is -2.23. The van der Waals surface area contributed by atoms with Gasteiger partial charge in [0.2, 0.25) is 5.91 Å². The van der Waals surface area contributed by atoms with Crippen LogP contribution in [0.2, 0.25) is 0 Å². The number of aryl methyl sites for hydroxylation is 1. The van der Waals surface area contributed by atoms with E-state index >= 15 is 0 Å². The Labute approximate surface area is 115 Å². The molecule has 1 N–H and O–H groups in total. The summed E-state index contributed by atoms with van der Waals surface area (Å²) in [6, 6.07) is -0.0000652. The number of nitrogens with one attached hydrogen (secondary N) is 1. The van der Waals surface area contributed by atoms with Crippen molar-refractivity contribution in [1.29, 1.82) is 0 Å². The molecule has 1 aromatic rings. The average Bonchev–Trinajstić information content (AvgIpc) is 3.08. The zero-order chi connectivity index (χ0) is 13.8. The first kappa shape index (κ1) is 14.1. The normalized spacial score (nSPS) is 18.6. The van der Waals surface area contributed by atoms with Crippen LogP contribution in [0.25, 0.3) is 0 Å². The van der Waals surface area contributed by atoms with E-state index in [0.717, 1.165) is 38.0 Å². The lowest BCUT2D eigenvalue weighted by Crippen LogP contribution is -2.44. The van der Waals surface area contributed by atoms with Gasteiger partial charge in [-0.3, -0.25) is 14.8 Å². The molecule has 2 unspecified atom stereocenters. The summed E-state index contributed by atoms with van der Waals surface area (Å²) < 4.78 is 1.90. The van der Waals surface area contributed by atoms with Crippen molar-refractivity contribution in [1.82, 2.24) is 20.0 Å². The highest BCUT2D eigenvalue weighted by Gasteiger charge is 2.24. The van der Waals surface area contributed by atoms with Crippen LogP contribution in [0.4, 0.5) is 0 Å². The van der Waals surface area contributed by atoms with Gasteiger partial charge >= 0.3 is 0 Å². The molecule has 0 radical (unpaired) electrons. The van der Waals surface area contributed by atoms with Crippen molar-refractivity contribution in [2.24, 2.45) is 0 Å². The second kappa shape index (κ2) is 6.19. The van der Waals surface area contributed by atoms with Gasteiger partial charge in [0.25, 0.3) is 0 Å². The van der Waals surface area contributed by atoms with Crippen LogP contribution >= 0.6 is 0 Å². The van der Waals surface area contributed by atoms with Gasteiger partial charge < -0.3 is 4.90 Å². The predicted molar refractivity (Wildman–Crippen MR) is 74.7 cm³/mol. The molecule has 0 aliphatic carbocycles. The number of nitrogens with zero attached hydrogens (tertiary/aromatic N) is 3. The first-order chi connectivity index (χ1) is 9.11. The molecule has 5 heteroatoms. The minimum absolute atomic E-state index is 0.141. The van der Waals surface area contributed by atoms with Crippen LogP contribution in [0, 0.1) is 0 Å². The van der Waals surface area contributed by atoms with Crippen LogP contribution in [0.15, 0.2) is 12.4 Å². The first-order valence-corrected chi connectivity index (χ1v) is 7.19. The number of likely N-dealkylation sites (tertiary alicyclic amines) is 1. The number of carbonyl (C=O) groups excluding carboxylic acids is 1. The van der Waals surface area contributed by atoms with E-state index in [1.165, 1.54) is 0 Å². The third kappa shape index (κ3) is 3.35. The van der Waals surface area contributed by atoms with Crippen molar-refractivity contribution in [3.05, 3.63) is 18.0 Å². The molecule has 106 valence electrons. The Morgan fingerprint density at radius 2 is 2.11 bits per heavy atom. The number of aromatic nitrogens is 2. The molecule has 2 rings (SSSR count). The quantitative estimate of drug-likeness (QED) is 0.878. The van der Waals surface area contributed by atoms with Crippen molar-refractivity contribution in [3.8, 4) is 0 Å². The van der Waals surface area contributed by atoms with Gasteiger partial charge in [-0.05, 0) is 33.6 Å².